The van der Waals surface area contributed by atoms with Gasteiger partial charge in [-0.3, -0.25) is 19.2 Å². The molecule has 0 aromatic heterocycles. The lowest BCUT2D eigenvalue weighted by molar-refractivity contribution is -0.144. The number of para-hydroxylation sites is 2. The van der Waals surface area contributed by atoms with E-state index >= 15 is 0 Å². The van der Waals surface area contributed by atoms with Gasteiger partial charge >= 0.3 is 30.2 Å². The summed E-state index contributed by atoms with van der Waals surface area (Å²) in [6.45, 7) is 0.554. The van der Waals surface area contributed by atoms with E-state index in [9.17, 15) is 38.4 Å². The van der Waals surface area contributed by atoms with E-state index in [1.54, 1.807) is 55.5 Å². The number of methoxy groups -OCH3 is 2. The van der Waals surface area contributed by atoms with E-state index in [0.29, 0.717) is 58.6 Å². The number of aryl methyl sites for hydroxylation is 2. The number of imide groups is 2. The molecule has 0 saturated carbocycles. The summed E-state index contributed by atoms with van der Waals surface area (Å²) in [5.74, 6) is -1.09. The normalized spacial score (nSPS) is 21.5. The highest BCUT2D eigenvalue weighted by atomic mass is 16.6. The minimum atomic E-state index is -1.46. The SMILES string of the molecule is C.C.CNC(=O)Nc1ccc2c(c1)CC[C@@]21OC(=O)N(CC(=O)N2CCCC2c2ccccc2OC)C1=O.CNC(=O)Nc1ccc2c(c1)CC[C@@]21OC(=O)N(CC(=O)O)C1=O.COc1ccccc1C1CCCN1. The number of nitrogens with zero attached hydrogens (tertiary/aromatic N) is 3. The van der Waals surface area contributed by atoms with Gasteiger partial charge < -0.3 is 55.5 Å². The summed E-state index contributed by atoms with van der Waals surface area (Å²) in [6.07, 6.45) is 3.80. The molecule has 2 spiro atoms. The first-order valence-electron chi connectivity index (χ1n) is 24.0. The number of carbonyl (C=O) groups excluding carboxylic acids is 7. The first-order chi connectivity index (χ1) is 35.2. The molecule has 10 rings (SSSR count). The molecule has 4 aliphatic heterocycles. The van der Waals surface area contributed by atoms with Crippen LogP contribution in [0.15, 0.2) is 84.9 Å². The third kappa shape index (κ3) is 11.2. The fourth-order valence-corrected chi connectivity index (χ4v) is 10.4. The number of nitrogens with one attached hydrogen (secondary N) is 5. The van der Waals surface area contributed by atoms with Crippen LogP contribution in [0.4, 0.5) is 30.6 Å². The summed E-state index contributed by atoms with van der Waals surface area (Å²) in [4.78, 5) is 101. The van der Waals surface area contributed by atoms with Crippen LogP contribution in [0.25, 0.3) is 0 Å². The predicted molar refractivity (Wildman–Crippen MR) is 276 cm³/mol. The Morgan fingerprint density at radius 2 is 1.17 bits per heavy atom. The minimum absolute atomic E-state index is 0. The molecule has 4 fully saturated rings. The maximum Gasteiger partial charge on any atom is 0.418 e. The Labute approximate surface area is 435 Å². The molecule has 4 atom stereocenters. The molecule has 2 aliphatic carbocycles. The highest BCUT2D eigenvalue weighted by molar-refractivity contribution is 6.07. The number of rotatable bonds is 10. The van der Waals surface area contributed by atoms with Crippen molar-refractivity contribution in [2.75, 3.05) is 65.1 Å². The maximum absolute atomic E-state index is 13.5. The predicted octanol–water partition coefficient (Wildman–Crippen LogP) is 6.97. The molecule has 75 heavy (non-hydrogen) atoms. The second kappa shape index (κ2) is 23.8. The van der Waals surface area contributed by atoms with Crippen LogP contribution in [0.2, 0.25) is 0 Å². The van der Waals surface area contributed by atoms with Gasteiger partial charge in [0.1, 0.15) is 24.6 Å². The van der Waals surface area contributed by atoms with Crippen LogP contribution in [0.3, 0.4) is 0 Å². The highest BCUT2D eigenvalue weighted by Crippen LogP contribution is 2.48. The number of aliphatic carboxylic acids is 1. The Bertz CT molecular complexity index is 2840. The zero-order valence-corrected chi connectivity index (χ0v) is 40.9. The molecule has 4 saturated heterocycles. The zero-order chi connectivity index (χ0) is 52.0. The van der Waals surface area contributed by atoms with Crippen molar-refractivity contribution in [2.24, 2.45) is 0 Å². The molecular formula is C54H66N8O13. The van der Waals surface area contributed by atoms with Crippen LogP contribution in [0, 0.1) is 0 Å². The first kappa shape index (κ1) is 56.1. The largest absolute Gasteiger partial charge is 0.496 e. The summed E-state index contributed by atoms with van der Waals surface area (Å²) in [6, 6.07) is 25.4. The third-order valence-electron chi connectivity index (χ3n) is 13.9. The van der Waals surface area contributed by atoms with Gasteiger partial charge in [0.15, 0.2) is 0 Å². The molecule has 2 unspecified atom stereocenters. The molecule has 4 heterocycles. The summed E-state index contributed by atoms with van der Waals surface area (Å²) in [5, 5.41) is 22.5. The topological polar surface area (TPSA) is 264 Å². The number of carboxylic acid groups (broad SMARTS) is 1. The van der Waals surface area contributed by atoms with Crippen molar-refractivity contribution in [3.05, 3.63) is 118 Å². The average Bonchev–Trinajstić information content (AvgIpc) is 4.28. The van der Waals surface area contributed by atoms with E-state index in [1.165, 1.54) is 32.5 Å². The Morgan fingerprint density at radius 1 is 0.680 bits per heavy atom. The van der Waals surface area contributed by atoms with E-state index in [4.69, 9.17) is 24.1 Å². The Kier molecular flexibility index (Phi) is 17.8. The molecule has 9 amide bonds. The minimum Gasteiger partial charge on any atom is -0.496 e. The fraction of sp³-hybridized carbons (Fsp3) is 0.407. The van der Waals surface area contributed by atoms with Gasteiger partial charge in [0.2, 0.25) is 17.1 Å². The van der Waals surface area contributed by atoms with Gasteiger partial charge in [0.25, 0.3) is 11.8 Å². The zero-order valence-electron chi connectivity index (χ0n) is 40.9. The summed E-state index contributed by atoms with van der Waals surface area (Å²) < 4.78 is 21.7. The van der Waals surface area contributed by atoms with Crippen LogP contribution < -0.4 is 36.1 Å². The lowest BCUT2D eigenvalue weighted by Gasteiger charge is -2.27. The molecule has 6 N–H and O–H groups in total. The van der Waals surface area contributed by atoms with Crippen LogP contribution >= 0.6 is 0 Å². The fourth-order valence-electron chi connectivity index (χ4n) is 10.4. The number of carbonyl (C=O) groups is 8. The maximum atomic E-state index is 13.5. The second-order valence-electron chi connectivity index (χ2n) is 18.1. The summed E-state index contributed by atoms with van der Waals surface area (Å²) in [7, 11) is 6.33. The van der Waals surface area contributed by atoms with Gasteiger partial charge in [-0.15, -0.1) is 0 Å². The second-order valence-corrected chi connectivity index (χ2v) is 18.1. The number of likely N-dealkylation sites (tertiary alicyclic amines) is 1. The number of ether oxygens (including phenoxy) is 4. The monoisotopic (exact) mass is 1030 g/mol. The van der Waals surface area contributed by atoms with Crippen molar-refractivity contribution in [1.82, 2.24) is 30.7 Å². The molecule has 0 radical (unpaired) electrons. The number of fused-ring (bicyclic) bond motifs is 4. The van der Waals surface area contributed by atoms with Crippen molar-refractivity contribution in [3.8, 4) is 11.5 Å². The van der Waals surface area contributed by atoms with Crippen LogP contribution in [-0.4, -0.2) is 122 Å². The molecule has 4 aromatic rings. The molecule has 0 bridgehead atoms. The van der Waals surface area contributed by atoms with Crippen molar-refractivity contribution in [2.45, 2.75) is 89.5 Å². The lowest BCUT2D eigenvalue weighted by Crippen LogP contribution is -2.44. The van der Waals surface area contributed by atoms with Gasteiger partial charge in [-0.05, 0) is 92.6 Å². The van der Waals surface area contributed by atoms with E-state index in [1.807, 2.05) is 36.4 Å². The van der Waals surface area contributed by atoms with Crippen molar-refractivity contribution in [3.63, 3.8) is 0 Å². The molecular weight excluding hydrogens is 969 g/mol. The summed E-state index contributed by atoms with van der Waals surface area (Å²) >= 11 is 0. The smallest absolute Gasteiger partial charge is 0.418 e. The number of benzene rings is 4. The van der Waals surface area contributed by atoms with E-state index in [0.717, 1.165) is 46.7 Å². The van der Waals surface area contributed by atoms with Crippen molar-refractivity contribution in [1.29, 1.82) is 0 Å². The molecule has 21 nitrogen and oxygen atoms in total. The van der Waals surface area contributed by atoms with E-state index in [-0.39, 0.29) is 58.3 Å². The highest BCUT2D eigenvalue weighted by Gasteiger charge is 2.60. The molecule has 4 aromatic carbocycles. The summed E-state index contributed by atoms with van der Waals surface area (Å²) in [5.41, 5.74) is 3.11. The number of hydrogen-bond acceptors (Lipinski definition) is 13. The van der Waals surface area contributed by atoms with Gasteiger partial charge in [0, 0.05) is 73.2 Å². The molecule has 6 aliphatic rings. The number of anilines is 2. The van der Waals surface area contributed by atoms with Gasteiger partial charge in [-0.2, -0.15) is 0 Å². The molecule has 400 valence electrons. The Hall–Kier alpha value is -8.20. The molecule has 21 heteroatoms. The van der Waals surface area contributed by atoms with Crippen molar-refractivity contribution >= 4 is 59.3 Å². The van der Waals surface area contributed by atoms with Gasteiger partial charge in [0.05, 0.1) is 20.3 Å². The number of amides is 9. The average molecular weight is 1040 g/mol. The number of hydrogen-bond donors (Lipinski definition) is 6. The Morgan fingerprint density at radius 3 is 1.65 bits per heavy atom. The Balaban J connectivity index is 0.000000201. The van der Waals surface area contributed by atoms with E-state index in [2.05, 4.69) is 38.7 Å². The van der Waals surface area contributed by atoms with Crippen LogP contribution in [0.5, 0.6) is 11.5 Å². The lowest BCUT2D eigenvalue weighted by atomic mass is 9.94. The van der Waals surface area contributed by atoms with Crippen molar-refractivity contribution < 1.29 is 62.4 Å². The third-order valence-corrected chi connectivity index (χ3v) is 13.9. The van der Waals surface area contributed by atoms with Gasteiger partial charge in [-0.1, -0.05) is 63.4 Å². The van der Waals surface area contributed by atoms with Gasteiger partial charge in [-0.25, -0.2) is 29.0 Å². The number of urea groups is 2. The number of carboxylic acids is 1. The van der Waals surface area contributed by atoms with E-state index < -0.39 is 47.7 Å². The first-order valence-corrected chi connectivity index (χ1v) is 24.0. The van der Waals surface area contributed by atoms with Crippen LogP contribution in [0.1, 0.15) is 98.8 Å². The van der Waals surface area contributed by atoms with Crippen LogP contribution in [-0.2, 0) is 52.7 Å². The standard InChI is InChI=1S/C26H28N4O6.C15H15N3O6.C11H15NO.2CH4/c1-27-24(33)28-17-9-10-19-16(14-17)11-12-26(19)23(32)30(25(34)36-26)15-22(31)29-13-5-7-20(29)18-6-3-4-8-21(18)35-2;1-16-13(22)17-9-2-3-10-8(6-9)4-5-15(10)12(21)18(7-11(19)20)14(23)24-15;1-13-11-7-3-2-5-9(11)10-6-4-8-12-10;;/h3-4,6,8-10,14,20H,5,7,11-13,15H2,1-2H3,(H2,27,28,33);2-3,6H,4-5,7H2,1H3,(H,19,20)(H2,16,17,22);2-3,5,7,10,12H,4,6,8H2,1H3;2*1H4/t20?,26-;15-;;;/m11.../s1. The quantitative estimate of drug-likeness (QED) is 0.0938.